The number of hydrogen-bond acceptors (Lipinski definition) is 3. The summed E-state index contributed by atoms with van der Waals surface area (Å²) in [5.41, 5.74) is 0.954. The Balaban J connectivity index is 2.67. The lowest BCUT2D eigenvalue weighted by Crippen LogP contribution is -1.88. The highest BCUT2D eigenvalue weighted by Gasteiger charge is 1.91. The van der Waals surface area contributed by atoms with Gasteiger partial charge in [-0.15, -0.1) is 12.6 Å². The summed E-state index contributed by atoms with van der Waals surface area (Å²) < 4.78 is 0. The fraction of sp³-hybridized carbons (Fsp3) is 0.143. The second kappa shape index (κ2) is 3.37. The normalized spacial score (nSPS) is 9.30. The van der Waals surface area contributed by atoms with E-state index in [1.807, 2.05) is 6.07 Å². The van der Waals surface area contributed by atoms with Gasteiger partial charge in [-0.1, -0.05) is 6.58 Å². The van der Waals surface area contributed by atoms with Crippen molar-refractivity contribution in [2.45, 2.75) is 6.42 Å². The molecular weight excluding hydrogens is 144 g/mol. The van der Waals surface area contributed by atoms with Gasteiger partial charge in [-0.3, -0.25) is 0 Å². The van der Waals surface area contributed by atoms with Crippen LogP contribution in [0.5, 0.6) is 0 Å². The van der Waals surface area contributed by atoms with E-state index in [0.29, 0.717) is 6.42 Å². The molecule has 0 aliphatic rings. The number of rotatable bonds is 2. The van der Waals surface area contributed by atoms with Crippen LogP contribution >= 0.6 is 12.6 Å². The summed E-state index contributed by atoms with van der Waals surface area (Å²) in [5, 5.41) is 0. The van der Waals surface area contributed by atoms with E-state index >= 15 is 0 Å². The van der Waals surface area contributed by atoms with Crippen molar-refractivity contribution in [3.05, 3.63) is 35.8 Å². The molecule has 0 amide bonds. The average molecular weight is 152 g/mol. The molecular formula is C7H8N2S. The fourth-order valence-corrected chi connectivity index (χ4v) is 0.794. The van der Waals surface area contributed by atoms with Gasteiger partial charge in [0.2, 0.25) is 0 Å². The first-order valence-corrected chi connectivity index (χ1v) is 3.35. The molecule has 0 aliphatic carbocycles. The summed E-state index contributed by atoms with van der Waals surface area (Å²) in [6.07, 6.45) is 3.94. The van der Waals surface area contributed by atoms with Crippen LogP contribution in [-0.4, -0.2) is 9.97 Å². The first-order valence-electron chi connectivity index (χ1n) is 2.90. The molecule has 10 heavy (non-hydrogen) atoms. The van der Waals surface area contributed by atoms with Gasteiger partial charge >= 0.3 is 0 Å². The Morgan fingerprint density at radius 3 is 3.00 bits per heavy atom. The second-order valence-corrected chi connectivity index (χ2v) is 2.58. The molecule has 1 aromatic rings. The first-order chi connectivity index (χ1) is 4.79. The highest BCUT2D eigenvalue weighted by Crippen LogP contribution is 2.04. The van der Waals surface area contributed by atoms with Gasteiger partial charge < -0.3 is 0 Å². The SMILES string of the molecule is C=C(S)Cc1ccncn1. The van der Waals surface area contributed by atoms with Crippen molar-refractivity contribution in [1.29, 1.82) is 0 Å². The van der Waals surface area contributed by atoms with Crippen LogP contribution in [0.1, 0.15) is 5.69 Å². The van der Waals surface area contributed by atoms with Gasteiger partial charge in [-0.2, -0.15) is 0 Å². The molecule has 52 valence electrons. The Morgan fingerprint density at radius 1 is 1.70 bits per heavy atom. The maximum Gasteiger partial charge on any atom is 0.115 e. The molecule has 0 atom stereocenters. The lowest BCUT2D eigenvalue weighted by Gasteiger charge is -1.95. The smallest absolute Gasteiger partial charge is 0.115 e. The Bertz CT molecular complexity index is 220. The van der Waals surface area contributed by atoms with E-state index in [0.717, 1.165) is 10.6 Å². The molecule has 1 aromatic heterocycles. The number of thiol groups is 1. The van der Waals surface area contributed by atoms with Crippen molar-refractivity contribution in [3.8, 4) is 0 Å². The molecule has 0 spiro atoms. The summed E-state index contributed by atoms with van der Waals surface area (Å²) in [4.78, 5) is 8.60. The molecule has 3 heteroatoms. The largest absolute Gasteiger partial charge is 0.245 e. The molecule has 2 nitrogen and oxygen atoms in total. The lowest BCUT2D eigenvalue weighted by atomic mass is 10.3. The van der Waals surface area contributed by atoms with Gasteiger partial charge in [0.15, 0.2) is 0 Å². The summed E-state index contributed by atoms with van der Waals surface area (Å²) >= 11 is 4.05. The molecule has 0 aromatic carbocycles. The molecule has 0 N–H and O–H groups in total. The third-order valence-corrected chi connectivity index (χ3v) is 1.19. The molecule has 0 fully saturated rings. The fourth-order valence-electron chi connectivity index (χ4n) is 0.632. The van der Waals surface area contributed by atoms with Crippen molar-refractivity contribution in [2.75, 3.05) is 0 Å². The zero-order chi connectivity index (χ0) is 7.40. The summed E-state index contributed by atoms with van der Waals surface area (Å²) in [5.74, 6) is 0. The minimum absolute atomic E-state index is 0.714. The minimum atomic E-state index is 0.714. The molecule has 0 bridgehead atoms. The Kier molecular flexibility index (Phi) is 2.45. The van der Waals surface area contributed by atoms with Crippen LogP contribution in [0.2, 0.25) is 0 Å². The van der Waals surface area contributed by atoms with Crippen molar-refractivity contribution in [2.24, 2.45) is 0 Å². The van der Waals surface area contributed by atoms with E-state index in [-0.39, 0.29) is 0 Å². The molecule has 0 saturated heterocycles. The van der Waals surface area contributed by atoms with Crippen LogP contribution < -0.4 is 0 Å². The van der Waals surface area contributed by atoms with Gasteiger partial charge in [0.05, 0.1) is 0 Å². The molecule has 0 saturated carbocycles. The highest BCUT2D eigenvalue weighted by atomic mass is 32.1. The van der Waals surface area contributed by atoms with E-state index in [4.69, 9.17) is 0 Å². The average Bonchev–Trinajstić information content (AvgIpc) is 1.88. The molecule has 0 aliphatic heterocycles. The van der Waals surface area contributed by atoms with Gasteiger partial charge in [0.25, 0.3) is 0 Å². The predicted octanol–water partition coefficient (Wildman–Crippen LogP) is 1.46. The Labute approximate surface area is 65.4 Å². The third kappa shape index (κ3) is 2.19. The standard InChI is InChI=1S/C7H8N2S/c1-6(10)4-7-2-3-8-5-9-7/h2-3,5,10H,1,4H2. The van der Waals surface area contributed by atoms with Gasteiger partial charge in [0.1, 0.15) is 6.33 Å². The maximum absolute atomic E-state index is 4.05. The summed E-state index contributed by atoms with van der Waals surface area (Å²) in [6.45, 7) is 3.65. The van der Waals surface area contributed by atoms with E-state index < -0.39 is 0 Å². The highest BCUT2D eigenvalue weighted by molar-refractivity contribution is 7.84. The number of allylic oxidation sites excluding steroid dienone is 1. The number of hydrogen-bond donors (Lipinski definition) is 1. The first kappa shape index (κ1) is 7.28. The van der Waals surface area contributed by atoms with Gasteiger partial charge in [-0.05, 0) is 11.0 Å². The van der Waals surface area contributed by atoms with Crippen molar-refractivity contribution in [3.63, 3.8) is 0 Å². The van der Waals surface area contributed by atoms with Crippen LogP contribution in [0.25, 0.3) is 0 Å². The van der Waals surface area contributed by atoms with E-state index in [1.54, 1.807) is 6.20 Å². The van der Waals surface area contributed by atoms with Gasteiger partial charge in [-0.25, -0.2) is 9.97 Å². The lowest BCUT2D eigenvalue weighted by molar-refractivity contribution is 1.04. The van der Waals surface area contributed by atoms with Crippen molar-refractivity contribution < 1.29 is 0 Å². The summed E-state index contributed by atoms with van der Waals surface area (Å²) in [6, 6.07) is 1.85. The monoisotopic (exact) mass is 152 g/mol. The van der Waals surface area contributed by atoms with Crippen LogP contribution in [-0.2, 0) is 6.42 Å². The molecule has 0 unspecified atom stereocenters. The summed E-state index contributed by atoms with van der Waals surface area (Å²) in [7, 11) is 0. The van der Waals surface area contributed by atoms with E-state index in [2.05, 4.69) is 29.2 Å². The maximum atomic E-state index is 4.05. The molecule has 0 radical (unpaired) electrons. The van der Waals surface area contributed by atoms with Crippen molar-refractivity contribution >= 4 is 12.6 Å². The van der Waals surface area contributed by atoms with E-state index in [1.165, 1.54) is 6.33 Å². The van der Waals surface area contributed by atoms with E-state index in [9.17, 15) is 0 Å². The van der Waals surface area contributed by atoms with Crippen LogP contribution in [0.4, 0.5) is 0 Å². The quantitative estimate of drug-likeness (QED) is 0.649. The molecule has 1 rings (SSSR count). The topological polar surface area (TPSA) is 25.8 Å². The van der Waals surface area contributed by atoms with Crippen LogP contribution in [0.3, 0.4) is 0 Å². The third-order valence-electron chi connectivity index (χ3n) is 1.03. The zero-order valence-electron chi connectivity index (χ0n) is 5.49. The zero-order valence-corrected chi connectivity index (χ0v) is 6.38. The number of nitrogens with zero attached hydrogens (tertiary/aromatic N) is 2. The Morgan fingerprint density at radius 2 is 2.50 bits per heavy atom. The van der Waals surface area contributed by atoms with Crippen LogP contribution in [0.15, 0.2) is 30.1 Å². The van der Waals surface area contributed by atoms with Crippen molar-refractivity contribution in [1.82, 2.24) is 9.97 Å². The van der Waals surface area contributed by atoms with Gasteiger partial charge in [0, 0.05) is 18.3 Å². The predicted molar refractivity (Wildman–Crippen MR) is 43.9 cm³/mol. The minimum Gasteiger partial charge on any atom is -0.245 e. The number of aromatic nitrogens is 2. The Hall–Kier alpha value is -0.830. The molecule has 1 heterocycles. The second-order valence-electron chi connectivity index (χ2n) is 1.94. The van der Waals surface area contributed by atoms with Crippen LogP contribution in [0, 0.1) is 0 Å².